The molecule has 1 saturated heterocycles. The normalized spacial score (nSPS) is 16.0. The van der Waals surface area contributed by atoms with E-state index in [9.17, 15) is 8.78 Å². The number of hydrogen-bond donors (Lipinski definition) is 0. The Labute approximate surface area is 147 Å². The minimum absolute atomic E-state index is 0.183. The number of aromatic nitrogens is 6. The van der Waals surface area contributed by atoms with Crippen LogP contribution in [-0.2, 0) is 0 Å². The quantitative estimate of drug-likeness (QED) is 0.693. The number of rotatable bonds is 4. The van der Waals surface area contributed by atoms with Crippen molar-refractivity contribution < 1.29 is 13.3 Å². The van der Waals surface area contributed by atoms with Crippen molar-refractivity contribution in [3.8, 4) is 0 Å². The van der Waals surface area contributed by atoms with Crippen molar-refractivity contribution in [1.82, 2.24) is 30.0 Å². The van der Waals surface area contributed by atoms with E-state index in [2.05, 4.69) is 30.3 Å². The first-order valence-electron chi connectivity index (χ1n) is 8.29. The Morgan fingerprint density at radius 2 is 1.96 bits per heavy atom. The first-order chi connectivity index (χ1) is 12.5. The van der Waals surface area contributed by atoms with Gasteiger partial charge in [0.2, 0.25) is 11.7 Å². The van der Waals surface area contributed by atoms with E-state index >= 15 is 0 Å². The summed E-state index contributed by atoms with van der Waals surface area (Å²) >= 11 is 0. The fourth-order valence-corrected chi connectivity index (χ4v) is 3.03. The Kier molecular flexibility index (Phi) is 4.13. The number of halogens is 2. The number of anilines is 2. The third kappa shape index (κ3) is 2.93. The molecule has 4 rings (SSSR count). The van der Waals surface area contributed by atoms with Crippen LogP contribution in [0.1, 0.15) is 36.9 Å². The zero-order valence-electron chi connectivity index (χ0n) is 14.4. The van der Waals surface area contributed by atoms with Crippen LogP contribution in [0.2, 0.25) is 0 Å². The summed E-state index contributed by atoms with van der Waals surface area (Å²) < 4.78 is 32.5. The molecule has 1 fully saturated rings. The Morgan fingerprint density at radius 3 is 2.62 bits per heavy atom. The molecule has 26 heavy (non-hydrogen) atoms. The second-order valence-corrected chi connectivity index (χ2v) is 6.41. The Balaban J connectivity index is 1.49. The zero-order chi connectivity index (χ0) is 18.3. The van der Waals surface area contributed by atoms with Gasteiger partial charge in [-0.1, -0.05) is 0 Å². The van der Waals surface area contributed by atoms with Crippen molar-refractivity contribution in [3.63, 3.8) is 0 Å². The van der Waals surface area contributed by atoms with Crippen LogP contribution in [0.3, 0.4) is 0 Å². The van der Waals surface area contributed by atoms with E-state index in [1.165, 1.54) is 0 Å². The third-order valence-electron chi connectivity index (χ3n) is 4.47. The van der Waals surface area contributed by atoms with E-state index in [1.54, 1.807) is 17.0 Å². The van der Waals surface area contributed by atoms with Crippen molar-refractivity contribution in [2.45, 2.75) is 25.2 Å². The molecule has 0 amide bonds. The van der Waals surface area contributed by atoms with Crippen molar-refractivity contribution in [2.75, 3.05) is 37.0 Å². The molecule has 0 aromatic carbocycles. The summed E-state index contributed by atoms with van der Waals surface area (Å²) in [6.45, 7) is 1.43. The third-order valence-corrected chi connectivity index (χ3v) is 4.47. The summed E-state index contributed by atoms with van der Waals surface area (Å²) in [4.78, 5) is 8.25. The second kappa shape index (κ2) is 6.46. The Morgan fingerprint density at radius 1 is 1.19 bits per heavy atom. The van der Waals surface area contributed by atoms with Crippen LogP contribution in [0.5, 0.6) is 0 Å². The van der Waals surface area contributed by atoms with Gasteiger partial charge in [-0.3, -0.25) is 0 Å². The van der Waals surface area contributed by atoms with Gasteiger partial charge in [0.25, 0.3) is 12.4 Å². The first kappa shape index (κ1) is 16.6. The lowest BCUT2D eigenvalue weighted by molar-refractivity contribution is 0.137. The van der Waals surface area contributed by atoms with Crippen LogP contribution in [0.15, 0.2) is 16.7 Å². The number of alkyl halides is 2. The van der Waals surface area contributed by atoms with Crippen LogP contribution in [0.25, 0.3) is 5.65 Å². The molecule has 3 aromatic heterocycles. The smallest absolute Gasteiger partial charge is 0.299 e. The molecule has 0 N–H and O–H groups in total. The molecule has 4 heterocycles. The lowest BCUT2D eigenvalue weighted by atomic mass is 9.97. The average Bonchev–Trinajstić information content (AvgIpc) is 3.28. The molecule has 138 valence electrons. The predicted octanol–water partition coefficient (Wildman–Crippen LogP) is 1.89. The van der Waals surface area contributed by atoms with Crippen LogP contribution in [0.4, 0.5) is 20.5 Å². The predicted molar refractivity (Wildman–Crippen MR) is 88.6 cm³/mol. The highest BCUT2D eigenvalue weighted by Gasteiger charge is 2.27. The molecule has 0 unspecified atom stereocenters. The van der Waals surface area contributed by atoms with Crippen molar-refractivity contribution in [1.29, 1.82) is 0 Å². The van der Waals surface area contributed by atoms with Gasteiger partial charge in [0.15, 0.2) is 5.65 Å². The summed E-state index contributed by atoms with van der Waals surface area (Å²) in [6.07, 6.45) is -1.08. The summed E-state index contributed by atoms with van der Waals surface area (Å²) in [7, 11) is 3.72. The number of hydrogen-bond acceptors (Lipinski definition) is 8. The van der Waals surface area contributed by atoms with Gasteiger partial charge in [-0.25, -0.2) is 8.78 Å². The lowest BCUT2D eigenvalue weighted by Crippen LogP contribution is -2.34. The van der Waals surface area contributed by atoms with Crippen LogP contribution in [0, 0.1) is 0 Å². The van der Waals surface area contributed by atoms with Crippen LogP contribution in [-0.4, -0.2) is 57.1 Å². The fourth-order valence-electron chi connectivity index (χ4n) is 3.03. The number of nitrogens with zero attached hydrogens (tertiary/aromatic N) is 8. The Hall–Kier alpha value is -2.85. The topological polar surface area (TPSA) is 88.5 Å². The molecule has 9 nitrogen and oxygen atoms in total. The van der Waals surface area contributed by atoms with Crippen molar-refractivity contribution >= 4 is 17.4 Å². The minimum atomic E-state index is -2.72. The van der Waals surface area contributed by atoms with Gasteiger partial charge in [0.05, 0.1) is 0 Å². The molecule has 0 spiro atoms. The van der Waals surface area contributed by atoms with E-state index in [0.29, 0.717) is 23.3 Å². The van der Waals surface area contributed by atoms with Crippen LogP contribution < -0.4 is 9.80 Å². The van der Waals surface area contributed by atoms with Crippen molar-refractivity contribution in [3.05, 3.63) is 23.8 Å². The molecule has 0 atom stereocenters. The highest BCUT2D eigenvalue weighted by molar-refractivity contribution is 5.46. The maximum atomic E-state index is 13.0. The van der Waals surface area contributed by atoms with E-state index in [0.717, 1.165) is 30.4 Å². The van der Waals surface area contributed by atoms with Crippen LogP contribution >= 0.6 is 0 Å². The molecule has 0 radical (unpaired) electrons. The minimum Gasteiger partial charge on any atom is -0.355 e. The monoisotopic (exact) mass is 364 g/mol. The van der Waals surface area contributed by atoms with Crippen molar-refractivity contribution in [2.24, 2.45) is 0 Å². The standard InChI is InChI=1S/C15H18F2N8O/c1-23(2)15-18-14(26-22-15)9-5-7-24(8-6-9)11-4-3-10-19-20-13(12(16)17)25(10)21-11/h3-4,9,12H,5-8H2,1-2H3. The number of piperidine rings is 1. The van der Waals surface area contributed by atoms with Gasteiger partial charge in [0, 0.05) is 33.1 Å². The van der Waals surface area contributed by atoms with E-state index in [-0.39, 0.29) is 5.92 Å². The van der Waals surface area contributed by atoms with Gasteiger partial charge < -0.3 is 14.3 Å². The summed E-state index contributed by atoms with van der Waals surface area (Å²) in [5.74, 6) is 1.55. The molecule has 1 aliphatic rings. The SMILES string of the molecule is CN(C)c1noc(C2CCN(c3ccc4nnc(C(F)F)n4n3)CC2)n1. The summed E-state index contributed by atoms with van der Waals surface area (Å²) in [5, 5.41) is 15.4. The molecule has 0 saturated carbocycles. The molecule has 1 aliphatic heterocycles. The molecular formula is C15H18F2N8O. The molecular weight excluding hydrogens is 346 g/mol. The van der Waals surface area contributed by atoms with Gasteiger partial charge in [-0.15, -0.1) is 15.3 Å². The summed E-state index contributed by atoms with van der Waals surface area (Å²) in [6, 6.07) is 3.42. The number of fused-ring (bicyclic) bond motifs is 1. The molecule has 0 aliphatic carbocycles. The maximum absolute atomic E-state index is 13.0. The van der Waals surface area contributed by atoms with E-state index < -0.39 is 12.2 Å². The van der Waals surface area contributed by atoms with Gasteiger partial charge in [-0.05, 0) is 30.1 Å². The van der Waals surface area contributed by atoms with Gasteiger partial charge in [-0.2, -0.15) is 9.50 Å². The summed E-state index contributed by atoms with van der Waals surface area (Å²) in [5.41, 5.74) is 0.306. The largest absolute Gasteiger partial charge is 0.355 e. The Bertz CT molecular complexity index is 900. The fraction of sp³-hybridized carbons (Fsp3) is 0.533. The molecule has 11 heteroatoms. The second-order valence-electron chi connectivity index (χ2n) is 6.41. The first-order valence-corrected chi connectivity index (χ1v) is 8.29. The maximum Gasteiger partial charge on any atom is 0.299 e. The highest BCUT2D eigenvalue weighted by Crippen LogP contribution is 2.30. The lowest BCUT2D eigenvalue weighted by Gasteiger charge is -2.31. The average molecular weight is 364 g/mol. The highest BCUT2D eigenvalue weighted by atomic mass is 19.3. The zero-order valence-corrected chi connectivity index (χ0v) is 14.4. The van der Waals surface area contributed by atoms with Gasteiger partial charge >= 0.3 is 0 Å². The molecule has 3 aromatic rings. The molecule has 0 bridgehead atoms. The van der Waals surface area contributed by atoms with E-state index in [1.807, 2.05) is 14.1 Å². The van der Waals surface area contributed by atoms with E-state index in [4.69, 9.17) is 4.52 Å². The van der Waals surface area contributed by atoms with Gasteiger partial charge in [0.1, 0.15) is 5.82 Å².